The molecule has 2 heterocycles. The minimum absolute atomic E-state index is 0.0460. The van der Waals surface area contributed by atoms with Gasteiger partial charge in [-0.1, -0.05) is 12.1 Å². The number of carbonyl (C=O) groups is 1. The summed E-state index contributed by atoms with van der Waals surface area (Å²) in [6.07, 6.45) is 1.44. The molecule has 3 rings (SSSR count). The van der Waals surface area contributed by atoms with E-state index in [1.165, 1.54) is 12.1 Å². The van der Waals surface area contributed by atoms with Crippen LogP contribution in [0.4, 0.5) is 4.39 Å². The smallest absolute Gasteiger partial charge is 0.254 e. The van der Waals surface area contributed by atoms with Gasteiger partial charge in [0.15, 0.2) is 0 Å². The molecular weight excluding hydrogens is 325 g/mol. The van der Waals surface area contributed by atoms with Crippen LogP contribution in [0.15, 0.2) is 29.6 Å². The van der Waals surface area contributed by atoms with Crippen LogP contribution in [-0.2, 0) is 6.42 Å². The summed E-state index contributed by atoms with van der Waals surface area (Å²) in [5.74, 6) is -0.239. The van der Waals surface area contributed by atoms with Gasteiger partial charge in [0.25, 0.3) is 5.91 Å². The summed E-state index contributed by atoms with van der Waals surface area (Å²) >= 11 is 1.59. The molecule has 1 aromatic heterocycles. The van der Waals surface area contributed by atoms with Crippen LogP contribution in [0.5, 0.6) is 0 Å². The molecule has 3 nitrogen and oxygen atoms in total. The van der Waals surface area contributed by atoms with Crippen LogP contribution in [0.3, 0.4) is 0 Å². The number of aryl methyl sites for hydroxylation is 1. The Hall–Kier alpha value is -1.72. The van der Waals surface area contributed by atoms with E-state index >= 15 is 0 Å². The summed E-state index contributed by atoms with van der Waals surface area (Å²) in [6.45, 7) is 5.05. The SMILES string of the molecule is Cc1scc(C(=O)N2CCC(O)(Cc3cccc(F)c3)CC2)c1C. The fraction of sp³-hybridized carbons (Fsp3) is 0.421. The highest BCUT2D eigenvalue weighted by molar-refractivity contribution is 7.10. The van der Waals surface area contributed by atoms with Crippen LogP contribution in [0.1, 0.15) is 39.2 Å². The van der Waals surface area contributed by atoms with Crippen molar-refractivity contribution in [2.45, 2.75) is 38.7 Å². The number of amides is 1. The summed E-state index contributed by atoms with van der Waals surface area (Å²) in [4.78, 5) is 15.6. The van der Waals surface area contributed by atoms with Crippen molar-refractivity contribution in [1.82, 2.24) is 4.90 Å². The number of thiophene rings is 1. The Labute approximate surface area is 145 Å². The van der Waals surface area contributed by atoms with E-state index in [-0.39, 0.29) is 11.7 Å². The van der Waals surface area contributed by atoms with Crippen molar-refractivity contribution in [2.24, 2.45) is 0 Å². The van der Waals surface area contributed by atoms with E-state index in [0.717, 1.165) is 21.6 Å². The van der Waals surface area contributed by atoms with Crippen LogP contribution >= 0.6 is 11.3 Å². The first-order chi connectivity index (χ1) is 11.4. The predicted octanol–water partition coefficient (Wildman–Crippen LogP) is 3.71. The Morgan fingerprint density at radius 1 is 1.33 bits per heavy atom. The average molecular weight is 347 g/mol. The van der Waals surface area contributed by atoms with Crippen molar-refractivity contribution in [1.29, 1.82) is 0 Å². The van der Waals surface area contributed by atoms with E-state index in [0.29, 0.717) is 32.4 Å². The summed E-state index contributed by atoms with van der Waals surface area (Å²) in [5.41, 5.74) is 1.74. The number of likely N-dealkylation sites (tertiary alicyclic amines) is 1. The second-order valence-corrected chi connectivity index (χ2v) is 7.74. The number of benzene rings is 1. The third-order valence-corrected chi connectivity index (χ3v) is 5.93. The summed E-state index contributed by atoms with van der Waals surface area (Å²) in [5, 5.41) is 12.7. The first kappa shape index (κ1) is 17.1. The maximum Gasteiger partial charge on any atom is 0.254 e. The Bertz CT molecular complexity index is 748. The van der Waals surface area contributed by atoms with Gasteiger partial charge in [-0.25, -0.2) is 4.39 Å². The molecule has 5 heteroatoms. The topological polar surface area (TPSA) is 40.5 Å². The number of rotatable bonds is 3. The van der Waals surface area contributed by atoms with Crippen LogP contribution in [-0.4, -0.2) is 34.6 Å². The predicted molar refractivity (Wildman–Crippen MR) is 94.0 cm³/mol. The number of aliphatic hydroxyl groups is 1. The summed E-state index contributed by atoms with van der Waals surface area (Å²) in [7, 11) is 0. The number of halogens is 1. The van der Waals surface area contributed by atoms with Gasteiger partial charge in [-0.05, 0) is 49.9 Å². The molecule has 0 atom stereocenters. The van der Waals surface area contributed by atoms with E-state index in [1.807, 2.05) is 30.2 Å². The molecular formula is C19H22FNO2S. The van der Waals surface area contributed by atoms with Crippen molar-refractivity contribution in [3.8, 4) is 0 Å². The highest BCUT2D eigenvalue weighted by Crippen LogP contribution is 2.29. The number of carbonyl (C=O) groups excluding carboxylic acids is 1. The summed E-state index contributed by atoms with van der Waals surface area (Å²) < 4.78 is 13.3. The fourth-order valence-corrected chi connectivity index (χ4v) is 4.08. The molecule has 0 radical (unpaired) electrons. The maximum atomic E-state index is 13.3. The van der Waals surface area contributed by atoms with E-state index in [1.54, 1.807) is 17.4 Å². The Morgan fingerprint density at radius 3 is 2.62 bits per heavy atom. The number of hydrogen-bond acceptors (Lipinski definition) is 3. The quantitative estimate of drug-likeness (QED) is 0.919. The standard InChI is InChI=1S/C19H22FNO2S/c1-13-14(2)24-12-17(13)18(22)21-8-6-19(23,7-9-21)11-15-4-3-5-16(20)10-15/h3-5,10,12,23H,6-9,11H2,1-2H3. The van der Waals surface area contributed by atoms with E-state index in [4.69, 9.17) is 0 Å². The maximum absolute atomic E-state index is 13.3. The van der Waals surface area contributed by atoms with Crippen molar-refractivity contribution in [2.75, 3.05) is 13.1 Å². The Morgan fingerprint density at radius 2 is 2.04 bits per heavy atom. The van der Waals surface area contributed by atoms with Gasteiger partial charge in [0.2, 0.25) is 0 Å². The second kappa shape index (κ2) is 6.65. The summed E-state index contributed by atoms with van der Waals surface area (Å²) in [6, 6.07) is 6.36. The van der Waals surface area contributed by atoms with Crippen molar-refractivity contribution in [3.05, 3.63) is 57.0 Å². The second-order valence-electron chi connectivity index (χ2n) is 6.65. The Kier molecular flexibility index (Phi) is 4.74. The first-order valence-corrected chi connectivity index (χ1v) is 9.07. The third-order valence-electron chi connectivity index (χ3n) is 4.92. The lowest BCUT2D eigenvalue weighted by Gasteiger charge is -2.38. The van der Waals surface area contributed by atoms with E-state index < -0.39 is 5.60 Å². The molecule has 0 aliphatic carbocycles. The number of hydrogen-bond donors (Lipinski definition) is 1. The number of piperidine rings is 1. The molecule has 0 spiro atoms. The molecule has 0 saturated carbocycles. The molecule has 1 fully saturated rings. The zero-order valence-corrected chi connectivity index (χ0v) is 14.8. The van der Waals surface area contributed by atoms with Gasteiger partial charge >= 0.3 is 0 Å². The van der Waals surface area contributed by atoms with Gasteiger partial charge in [0.1, 0.15) is 5.82 Å². The highest BCUT2D eigenvalue weighted by atomic mass is 32.1. The molecule has 1 amide bonds. The minimum Gasteiger partial charge on any atom is -0.389 e. The lowest BCUT2D eigenvalue weighted by atomic mass is 9.85. The minimum atomic E-state index is -0.871. The van der Waals surface area contributed by atoms with Crippen molar-refractivity contribution < 1.29 is 14.3 Å². The fourth-order valence-electron chi connectivity index (χ4n) is 3.22. The highest BCUT2D eigenvalue weighted by Gasteiger charge is 2.34. The third kappa shape index (κ3) is 3.52. The van der Waals surface area contributed by atoms with Gasteiger partial charge in [0, 0.05) is 29.8 Å². The van der Waals surface area contributed by atoms with E-state index in [9.17, 15) is 14.3 Å². The van der Waals surface area contributed by atoms with E-state index in [2.05, 4.69) is 0 Å². The first-order valence-electron chi connectivity index (χ1n) is 8.19. The molecule has 0 unspecified atom stereocenters. The van der Waals surface area contributed by atoms with Gasteiger partial charge < -0.3 is 10.0 Å². The molecule has 1 aliphatic rings. The van der Waals surface area contributed by atoms with Crippen molar-refractivity contribution in [3.63, 3.8) is 0 Å². The molecule has 24 heavy (non-hydrogen) atoms. The largest absolute Gasteiger partial charge is 0.389 e. The van der Waals surface area contributed by atoms with Gasteiger partial charge in [0.05, 0.1) is 11.2 Å². The molecule has 128 valence electrons. The molecule has 1 aromatic carbocycles. The van der Waals surface area contributed by atoms with Crippen LogP contribution in [0.2, 0.25) is 0 Å². The van der Waals surface area contributed by atoms with Gasteiger partial charge in [-0.15, -0.1) is 11.3 Å². The molecule has 1 aliphatic heterocycles. The zero-order valence-electron chi connectivity index (χ0n) is 14.0. The molecule has 1 N–H and O–H groups in total. The molecule has 1 saturated heterocycles. The van der Waals surface area contributed by atoms with Crippen molar-refractivity contribution >= 4 is 17.2 Å². The van der Waals surface area contributed by atoms with Crippen LogP contribution in [0, 0.1) is 19.7 Å². The average Bonchev–Trinajstić information content (AvgIpc) is 2.87. The Balaban J connectivity index is 1.64. The number of nitrogens with zero attached hydrogens (tertiary/aromatic N) is 1. The van der Waals surface area contributed by atoms with Crippen LogP contribution in [0.25, 0.3) is 0 Å². The normalized spacial score (nSPS) is 17.1. The lowest BCUT2D eigenvalue weighted by Crippen LogP contribution is -2.47. The van der Waals surface area contributed by atoms with Gasteiger partial charge in [-0.2, -0.15) is 0 Å². The lowest BCUT2D eigenvalue weighted by molar-refractivity contribution is -0.0162. The van der Waals surface area contributed by atoms with Gasteiger partial charge in [-0.3, -0.25) is 4.79 Å². The molecule has 2 aromatic rings. The molecule has 0 bridgehead atoms. The zero-order chi connectivity index (χ0) is 17.3. The monoisotopic (exact) mass is 347 g/mol. The van der Waals surface area contributed by atoms with Crippen LogP contribution < -0.4 is 0 Å².